The Balaban J connectivity index is 2.54. The van der Waals surface area contributed by atoms with Crippen LogP contribution in [0.15, 0.2) is 35.6 Å². The molecule has 0 N–H and O–H groups in total. The Labute approximate surface area is 87.2 Å². The van der Waals surface area contributed by atoms with E-state index in [1.807, 2.05) is 0 Å². The van der Waals surface area contributed by atoms with Crippen LogP contribution in [0, 0.1) is 5.92 Å². The van der Waals surface area contributed by atoms with E-state index in [1.165, 1.54) is 18.4 Å². The molecule has 14 heavy (non-hydrogen) atoms. The lowest BCUT2D eigenvalue weighted by atomic mass is 9.98. The van der Waals surface area contributed by atoms with Crippen LogP contribution in [0.2, 0.25) is 0 Å². The van der Waals surface area contributed by atoms with E-state index in [0.717, 1.165) is 18.1 Å². The summed E-state index contributed by atoms with van der Waals surface area (Å²) in [7, 11) is 1.72. The van der Waals surface area contributed by atoms with Crippen LogP contribution < -0.4 is 0 Å². The second-order valence-electron chi connectivity index (χ2n) is 3.88. The molecule has 0 spiro atoms. The van der Waals surface area contributed by atoms with E-state index in [0.29, 0.717) is 0 Å². The molecule has 1 aliphatic rings. The number of methoxy groups -OCH3 is 1. The predicted molar refractivity (Wildman–Crippen MR) is 61.0 cm³/mol. The van der Waals surface area contributed by atoms with Crippen molar-refractivity contribution in [1.29, 1.82) is 0 Å². The normalized spacial score (nSPS) is 18.2. The Kier molecular flexibility index (Phi) is 4.51. The highest BCUT2D eigenvalue weighted by atomic mass is 16.5. The van der Waals surface area contributed by atoms with Crippen molar-refractivity contribution in [3.8, 4) is 0 Å². The fraction of sp³-hybridized carbons (Fsp3) is 0.538. The summed E-state index contributed by atoms with van der Waals surface area (Å²) in [6.07, 6.45) is 12.0. The van der Waals surface area contributed by atoms with Crippen LogP contribution in [0.4, 0.5) is 0 Å². The fourth-order valence-corrected chi connectivity index (χ4v) is 1.50. The van der Waals surface area contributed by atoms with Gasteiger partial charge in [-0.25, -0.2) is 0 Å². The molecule has 0 bridgehead atoms. The Hall–Kier alpha value is -0.980. The molecular formula is C13H20O. The molecule has 0 amide bonds. The topological polar surface area (TPSA) is 9.23 Å². The Bertz CT molecular complexity index is 258. The van der Waals surface area contributed by atoms with Crippen LogP contribution in [-0.4, -0.2) is 7.11 Å². The van der Waals surface area contributed by atoms with Crippen molar-refractivity contribution in [3.63, 3.8) is 0 Å². The molecule has 0 aromatic rings. The molecule has 78 valence electrons. The lowest BCUT2D eigenvalue weighted by Gasteiger charge is -2.08. The van der Waals surface area contributed by atoms with Gasteiger partial charge in [-0.2, -0.15) is 0 Å². The Morgan fingerprint density at radius 1 is 1.36 bits per heavy atom. The predicted octanol–water partition coefficient (Wildman–Crippen LogP) is 3.84. The first kappa shape index (κ1) is 11.1. The summed E-state index contributed by atoms with van der Waals surface area (Å²) < 4.78 is 5.19. The molecule has 0 aromatic heterocycles. The number of hydrogen-bond acceptors (Lipinski definition) is 1. The van der Waals surface area contributed by atoms with Gasteiger partial charge in [0.05, 0.1) is 7.11 Å². The first-order valence-corrected chi connectivity index (χ1v) is 5.37. The number of rotatable bonds is 4. The lowest BCUT2D eigenvalue weighted by Crippen LogP contribution is -1.93. The molecule has 0 radical (unpaired) electrons. The van der Waals surface area contributed by atoms with Crippen molar-refractivity contribution in [2.45, 2.75) is 33.1 Å². The van der Waals surface area contributed by atoms with Gasteiger partial charge in [0.25, 0.3) is 0 Å². The summed E-state index contributed by atoms with van der Waals surface area (Å²) in [5.74, 6) is 1.75. The zero-order chi connectivity index (χ0) is 10.4. The third kappa shape index (κ3) is 3.41. The van der Waals surface area contributed by atoms with Gasteiger partial charge in [-0.05, 0) is 30.9 Å². The molecule has 1 aliphatic carbocycles. The SMILES string of the molecule is CCC(C)CC1=CCC=C(OC)C=C1. The zero-order valence-electron chi connectivity index (χ0n) is 9.42. The summed E-state index contributed by atoms with van der Waals surface area (Å²) >= 11 is 0. The maximum absolute atomic E-state index is 5.19. The molecular weight excluding hydrogens is 172 g/mol. The molecule has 0 aliphatic heterocycles. The van der Waals surface area contributed by atoms with Crippen molar-refractivity contribution >= 4 is 0 Å². The fourth-order valence-electron chi connectivity index (χ4n) is 1.50. The highest BCUT2D eigenvalue weighted by molar-refractivity contribution is 5.29. The highest BCUT2D eigenvalue weighted by Crippen LogP contribution is 2.19. The molecule has 1 unspecified atom stereocenters. The second-order valence-corrected chi connectivity index (χ2v) is 3.88. The van der Waals surface area contributed by atoms with E-state index in [4.69, 9.17) is 4.74 Å². The first-order valence-electron chi connectivity index (χ1n) is 5.37. The lowest BCUT2D eigenvalue weighted by molar-refractivity contribution is 0.306. The minimum absolute atomic E-state index is 0.773. The molecule has 1 rings (SSSR count). The summed E-state index contributed by atoms with van der Waals surface area (Å²) in [6, 6.07) is 0. The average molecular weight is 192 g/mol. The van der Waals surface area contributed by atoms with Gasteiger partial charge in [0.15, 0.2) is 0 Å². The van der Waals surface area contributed by atoms with Gasteiger partial charge in [0.1, 0.15) is 5.76 Å². The van der Waals surface area contributed by atoms with Crippen LogP contribution in [0.5, 0.6) is 0 Å². The van der Waals surface area contributed by atoms with Gasteiger partial charge in [0, 0.05) is 0 Å². The summed E-state index contributed by atoms with van der Waals surface area (Å²) in [5, 5.41) is 0. The van der Waals surface area contributed by atoms with Crippen LogP contribution in [0.1, 0.15) is 33.1 Å². The smallest absolute Gasteiger partial charge is 0.115 e. The number of allylic oxidation sites excluding steroid dienone is 5. The maximum Gasteiger partial charge on any atom is 0.115 e. The zero-order valence-corrected chi connectivity index (χ0v) is 9.42. The van der Waals surface area contributed by atoms with Gasteiger partial charge in [-0.3, -0.25) is 0 Å². The third-order valence-corrected chi connectivity index (χ3v) is 2.68. The van der Waals surface area contributed by atoms with Crippen molar-refractivity contribution < 1.29 is 4.74 Å². The molecule has 0 heterocycles. The molecule has 1 heteroatoms. The van der Waals surface area contributed by atoms with E-state index in [2.05, 4.69) is 38.2 Å². The molecule has 0 fully saturated rings. The first-order chi connectivity index (χ1) is 6.76. The van der Waals surface area contributed by atoms with Crippen LogP contribution >= 0.6 is 0 Å². The van der Waals surface area contributed by atoms with Crippen LogP contribution in [0.3, 0.4) is 0 Å². The summed E-state index contributed by atoms with van der Waals surface area (Å²) in [4.78, 5) is 0. The third-order valence-electron chi connectivity index (χ3n) is 2.68. The quantitative estimate of drug-likeness (QED) is 0.657. The maximum atomic E-state index is 5.19. The number of ether oxygens (including phenoxy) is 1. The van der Waals surface area contributed by atoms with E-state index in [1.54, 1.807) is 7.11 Å². The summed E-state index contributed by atoms with van der Waals surface area (Å²) in [5.41, 5.74) is 1.43. The van der Waals surface area contributed by atoms with Crippen molar-refractivity contribution in [2.75, 3.05) is 7.11 Å². The van der Waals surface area contributed by atoms with Gasteiger partial charge < -0.3 is 4.74 Å². The minimum atomic E-state index is 0.773. The van der Waals surface area contributed by atoms with Gasteiger partial charge in [-0.15, -0.1) is 0 Å². The van der Waals surface area contributed by atoms with Crippen molar-refractivity contribution in [1.82, 2.24) is 0 Å². The molecule has 0 saturated heterocycles. The molecule has 1 nitrogen and oxygen atoms in total. The van der Waals surface area contributed by atoms with Gasteiger partial charge in [0.2, 0.25) is 0 Å². The van der Waals surface area contributed by atoms with Crippen molar-refractivity contribution in [3.05, 3.63) is 35.6 Å². The average Bonchev–Trinajstić information content (AvgIpc) is 2.43. The van der Waals surface area contributed by atoms with Gasteiger partial charge >= 0.3 is 0 Å². The van der Waals surface area contributed by atoms with E-state index in [9.17, 15) is 0 Å². The standard InChI is InChI=1S/C13H20O/c1-4-11(2)10-12-6-5-7-13(14-3)9-8-12/h6-9,11H,4-5,10H2,1-3H3. The Morgan fingerprint density at radius 3 is 2.79 bits per heavy atom. The van der Waals surface area contributed by atoms with Crippen molar-refractivity contribution in [2.24, 2.45) is 5.92 Å². The molecule has 0 aromatic carbocycles. The highest BCUT2D eigenvalue weighted by Gasteiger charge is 2.03. The molecule has 0 saturated carbocycles. The van der Waals surface area contributed by atoms with E-state index >= 15 is 0 Å². The molecule has 1 atom stereocenters. The van der Waals surface area contributed by atoms with E-state index < -0.39 is 0 Å². The minimum Gasteiger partial charge on any atom is -0.497 e. The monoisotopic (exact) mass is 192 g/mol. The summed E-state index contributed by atoms with van der Waals surface area (Å²) in [6.45, 7) is 4.54. The Morgan fingerprint density at radius 2 is 2.14 bits per heavy atom. The number of hydrogen-bond donors (Lipinski definition) is 0. The van der Waals surface area contributed by atoms with Crippen LogP contribution in [0.25, 0.3) is 0 Å². The van der Waals surface area contributed by atoms with Crippen LogP contribution in [-0.2, 0) is 4.74 Å². The van der Waals surface area contributed by atoms with E-state index in [-0.39, 0.29) is 0 Å². The van der Waals surface area contributed by atoms with Gasteiger partial charge in [-0.1, -0.05) is 38.0 Å². The second kappa shape index (κ2) is 5.69. The largest absolute Gasteiger partial charge is 0.497 e.